The SMILES string of the molecule is COc1ccnc(NCCc2cccnc2)n1. The molecule has 2 heterocycles. The van der Waals surface area contributed by atoms with Crippen LogP contribution in [-0.2, 0) is 6.42 Å². The number of anilines is 1. The van der Waals surface area contributed by atoms with Gasteiger partial charge in [-0.1, -0.05) is 6.07 Å². The van der Waals surface area contributed by atoms with Crippen LogP contribution in [-0.4, -0.2) is 28.6 Å². The highest BCUT2D eigenvalue weighted by Gasteiger charge is 1.98. The quantitative estimate of drug-likeness (QED) is 0.844. The van der Waals surface area contributed by atoms with Crippen LogP contribution in [0.5, 0.6) is 5.88 Å². The largest absolute Gasteiger partial charge is 0.481 e. The molecule has 0 saturated carbocycles. The van der Waals surface area contributed by atoms with Crippen LogP contribution in [0.2, 0.25) is 0 Å². The molecule has 5 nitrogen and oxygen atoms in total. The number of methoxy groups -OCH3 is 1. The van der Waals surface area contributed by atoms with Crippen LogP contribution in [0.3, 0.4) is 0 Å². The fourth-order valence-electron chi connectivity index (χ4n) is 1.41. The highest BCUT2D eigenvalue weighted by atomic mass is 16.5. The van der Waals surface area contributed by atoms with Crippen molar-refractivity contribution in [2.45, 2.75) is 6.42 Å². The van der Waals surface area contributed by atoms with Crippen LogP contribution < -0.4 is 10.1 Å². The number of ether oxygens (including phenoxy) is 1. The number of nitrogens with one attached hydrogen (secondary N) is 1. The summed E-state index contributed by atoms with van der Waals surface area (Å²) in [5, 5.41) is 3.14. The molecule has 0 bridgehead atoms. The average Bonchev–Trinajstić information content (AvgIpc) is 2.40. The Bertz CT molecular complexity index is 461. The third-order valence-electron chi connectivity index (χ3n) is 2.26. The Morgan fingerprint density at radius 3 is 3.00 bits per heavy atom. The molecule has 0 aliphatic heterocycles. The van der Waals surface area contributed by atoms with Gasteiger partial charge >= 0.3 is 0 Å². The Hall–Kier alpha value is -2.17. The van der Waals surface area contributed by atoms with E-state index in [0.29, 0.717) is 11.8 Å². The molecular formula is C12H14N4O. The Balaban J connectivity index is 1.86. The van der Waals surface area contributed by atoms with Crippen LogP contribution in [0.1, 0.15) is 5.56 Å². The summed E-state index contributed by atoms with van der Waals surface area (Å²) in [6.07, 6.45) is 6.17. The predicted octanol–water partition coefficient (Wildman–Crippen LogP) is 1.53. The van der Waals surface area contributed by atoms with Crippen LogP contribution in [0.25, 0.3) is 0 Å². The lowest BCUT2D eigenvalue weighted by Gasteiger charge is -2.05. The lowest BCUT2D eigenvalue weighted by molar-refractivity contribution is 0.397. The van der Waals surface area contributed by atoms with Crippen molar-refractivity contribution in [2.75, 3.05) is 19.0 Å². The van der Waals surface area contributed by atoms with Gasteiger partial charge in [0.25, 0.3) is 0 Å². The Morgan fingerprint density at radius 2 is 2.24 bits per heavy atom. The first kappa shape index (κ1) is 11.3. The second kappa shape index (κ2) is 5.79. The molecule has 5 heteroatoms. The van der Waals surface area contributed by atoms with Gasteiger partial charge in [-0.15, -0.1) is 0 Å². The predicted molar refractivity (Wildman–Crippen MR) is 65.0 cm³/mol. The normalized spacial score (nSPS) is 9.94. The van der Waals surface area contributed by atoms with Crippen molar-refractivity contribution in [1.82, 2.24) is 15.0 Å². The van der Waals surface area contributed by atoms with Crippen LogP contribution in [0.4, 0.5) is 5.95 Å². The molecule has 2 aromatic rings. The molecule has 2 rings (SSSR count). The summed E-state index contributed by atoms with van der Waals surface area (Å²) >= 11 is 0. The molecule has 0 radical (unpaired) electrons. The standard InChI is InChI=1S/C12H14N4O/c1-17-11-5-8-15-12(16-11)14-7-4-10-3-2-6-13-9-10/h2-3,5-6,8-9H,4,7H2,1H3,(H,14,15,16). The number of hydrogen-bond acceptors (Lipinski definition) is 5. The van der Waals surface area contributed by atoms with Crippen LogP contribution in [0, 0.1) is 0 Å². The van der Waals surface area contributed by atoms with Gasteiger partial charge in [0.15, 0.2) is 0 Å². The maximum Gasteiger partial charge on any atom is 0.225 e. The molecule has 0 aliphatic rings. The Kier molecular flexibility index (Phi) is 3.85. The van der Waals surface area contributed by atoms with Gasteiger partial charge in [-0.25, -0.2) is 4.98 Å². The molecule has 0 fully saturated rings. The molecule has 1 N–H and O–H groups in total. The van der Waals surface area contributed by atoms with Crippen molar-refractivity contribution in [2.24, 2.45) is 0 Å². The van der Waals surface area contributed by atoms with Crippen molar-refractivity contribution >= 4 is 5.95 Å². The van der Waals surface area contributed by atoms with Crippen molar-refractivity contribution < 1.29 is 4.74 Å². The van der Waals surface area contributed by atoms with E-state index < -0.39 is 0 Å². The molecular weight excluding hydrogens is 216 g/mol. The summed E-state index contributed by atoms with van der Waals surface area (Å²) in [5.74, 6) is 1.14. The van der Waals surface area contributed by atoms with E-state index in [9.17, 15) is 0 Å². The van der Waals surface area contributed by atoms with Gasteiger partial charge in [0.05, 0.1) is 7.11 Å². The second-order valence-corrected chi connectivity index (χ2v) is 3.46. The highest BCUT2D eigenvalue weighted by molar-refractivity contribution is 5.27. The number of pyridine rings is 1. The number of nitrogens with zero attached hydrogens (tertiary/aromatic N) is 3. The highest BCUT2D eigenvalue weighted by Crippen LogP contribution is 2.07. The summed E-state index contributed by atoms with van der Waals surface area (Å²) in [7, 11) is 1.59. The number of aromatic nitrogens is 3. The van der Waals surface area contributed by atoms with Crippen LogP contribution in [0.15, 0.2) is 36.8 Å². The fraction of sp³-hybridized carbons (Fsp3) is 0.250. The van der Waals surface area contributed by atoms with E-state index in [1.165, 1.54) is 5.56 Å². The zero-order chi connectivity index (χ0) is 11.9. The van der Waals surface area contributed by atoms with Gasteiger partial charge in [0, 0.05) is 31.2 Å². The first-order valence-corrected chi connectivity index (χ1v) is 5.38. The van der Waals surface area contributed by atoms with Gasteiger partial charge in [0.1, 0.15) is 0 Å². The molecule has 0 spiro atoms. The van der Waals surface area contributed by atoms with Crippen molar-refractivity contribution in [3.63, 3.8) is 0 Å². The fourth-order valence-corrected chi connectivity index (χ4v) is 1.41. The molecule has 0 amide bonds. The van der Waals surface area contributed by atoms with E-state index in [2.05, 4.69) is 20.3 Å². The lowest BCUT2D eigenvalue weighted by Crippen LogP contribution is -2.08. The van der Waals surface area contributed by atoms with E-state index in [0.717, 1.165) is 13.0 Å². The maximum absolute atomic E-state index is 5.02. The monoisotopic (exact) mass is 230 g/mol. The smallest absolute Gasteiger partial charge is 0.225 e. The first-order valence-electron chi connectivity index (χ1n) is 5.38. The van der Waals surface area contributed by atoms with Crippen molar-refractivity contribution in [3.05, 3.63) is 42.4 Å². The van der Waals surface area contributed by atoms with E-state index >= 15 is 0 Å². The van der Waals surface area contributed by atoms with Gasteiger partial charge < -0.3 is 10.1 Å². The molecule has 0 aliphatic carbocycles. The van der Waals surface area contributed by atoms with Gasteiger partial charge in [-0.05, 0) is 18.1 Å². The van der Waals surface area contributed by atoms with Gasteiger partial charge in [0.2, 0.25) is 11.8 Å². The average molecular weight is 230 g/mol. The molecule has 0 aromatic carbocycles. The zero-order valence-corrected chi connectivity index (χ0v) is 9.63. The van der Waals surface area contributed by atoms with Gasteiger partial charge in [-0.2, -0.15) is 4.98 Å². The minimum absolute atomic E-state index is 0.559. The molecule has 0 saturated heterocycles. The van der Waals surface area contributed by atoms with Gasteiger partial charge in [-0.3, -0.25) is 4.98 Å². The lowest BCUT2D eigenvalue weighted by atomic mass is 10.2. The molecule has 2 aromatic heterocycles. The number of hydrogen-bond donors (Lipinski definition) is 1. The van der Waals surface area contributed by atoms with Crippen molar-refractivity contribution in [1.29, 1.82) is 0 Å². The molecule has 17 heavy (non-hydrogen) atoms. The van der Waals surface area contributed by atoms with E-state index in [1.54, 1.807) is 25.6 Å². The van der Waals surface area contributed by atoms with E-state index in [-0.39, 0.29) is 0 Å². The molecule has 88 valence electrons. The number of rotatable bonds is 5. The summed E-state index contributed by atoms with van der Waals surface area (Å²) in [5.41, 5.74) is 1.18. The Labute approximate surface area is 99.9 Å². The van der Waals surface area contributed by atoms with E-state index in [4.69, 9.17) is 4.74 Å². The Morgan fingerprint density at radius 1 is 1.29 bits per heavy atom. The van der Waals surface area contributed by atoms with Crippen molar-refractivity contribution in [3.8, 4) is 5.88 Å². The van der Waals surface area contributed by atoms with E-state index in [1.807, 2.05) is 18.3 Å². The minimum atomic E-state index is 0.559. The summed E-state index contributed by atoms with van der Waals surface area (Å²) in [6, 6.07) is 5.69. The maximum atomic E-state index is 5.02. The third kappa shape index (κ3) is 3.41. The zero-order valence-electron chi connectivity index (χ0n) is 9.63. The topological polar surface area (TPSA) is 59.9 Å². The minimum Gasteiger partial charge on any atom is -0.481 e. The summed E-state index contributed by atoms with van der Waals surface area (Å²) < 4.78 is 5.02. The molecule has 0 atom stereocenters. The molecule has 0 unspecified atom stereocenters. The summed E-state index contributed by atoms with van der Waals surface area (Å²) in [6.45, 7) is 0.763. The summed E-state index contributed by atoms with van der Waals surface area (Å²) in [4.78, 5) is 12.3. The van der Waals surface area contributed by atoms with Crippen LogP contribution >= 0.6 is 0 Å². The second-order valence-electron chi connectivity index (χ2n) is 3.46. The third-order valence-corrected chi connectivity index (χ3v) is 2.26. The first-order chi connectivity index (χ1) is 8.38.